The minimum Gasteiger partial charge on any atom is -0.293 e. The van der Waals surface area contributed by atoms with Crippen molar-refractivity contribution in [2.75, 3.05) is 5.33 Å². The number of hydrogen-bond acceptors (Lipinski definition) is 2. The number of rotatable bonds is 6. The maximum absolute atomic E-state index is 11.6. The van der Waals surface area contributed by atoms with Gasteiger partial charge in [-0.15, -0.1) is 11.3 Å². The second-order valence-corrected chi connectivity index (χ2v) is 5.53. The van der Waals surface area contributed by atoms with E-state index in [0.29, 0.717) is 10.8 Å². The lowest BCUT2D eigenvalue weighted by Crippen LogP contribution is -1.95. The third kappa shape index (κ3) is 4.11. The number of alkyl halides is 1. The minimum absolute atomic E-state index is 0.219. The number of unbranched alkanes of at least 4 members (excludes halogenated alkanes) is 2. The zero-order valence-electron chi connectivity index (χ0n) is 7.76. The SMILES string of the molecule is O=C(CCCCCBr)c1ccc(Cl)s1. The van der Waals surface area contributed by atoms with Gasteiger partial charge < -0.3 is 0 Å². The van der Waals surface area contributed by atoms with Crippen molar-refractivity contribution >= 4 is 44.7 Å². The summed E-state index contributed by atoms with van der Waals surface area (Å²) in [5.74, 6) is 0.219. The highest BCUT2D eigenvalue weighted by Crippen LogP contribution is 2.23. The lowest BCUT2D eigenvalue weighted by Gasteiger charge is -1.96. The Kier molecular flexibility index (Phi) is 5.75. The minimum atomic E-state index is 0.219. The fraction of sp³-hybridized carbons (Fsp3) is 0.500. The summed E-state index contributed by atoms with van der Waals surface area (Å²) in [5.41, 5.74) is 0. The van der Waals surface area contributed by atoms with Gasteiger partial charge in [-0.05, 0) is 25.0 Å². The van der Waals surface area contributed by atoms with Crippen LogP contribution < -0.4 is 0 Å². The lowest BCUT2D eigenvalue weighted by atomic mass is 10.1. The first-order valence-electron chi connectivity index (χ1n) is 4.58. The summed E-state index contributed by atoms with van der Waals surface area (Å²) in [6.07, 6.45) is 3.86. The monoisotopic (exact) mass is 294 g/mol. The molecule has 0 aromatic carbocycles. The van der Waals surface area contributed by atoms with Crippen LogP contribution in [0.2, 0.25) is 4.34 Å². The molecule has 0 amide bonds. The topological polar surface area (TPSA) is 17.1 Å². The fourth-order valence-electron chi connectivity index (χ4n) is 1.14. The van der Waals surface area contributed by atoms with E-state index in [4.69, 9.17) is 11.6 Å². The van der Waals surface area contributed by atoms with Gasteiger partial charge in [-0.2, -0.15) is 0 Å². The van der Waals surface area contributed by atoms with Crippen LogP contribution in [0.1, 0.15) is 35.4 Å². The van der Waals surface area contributed by atoms with Crippen molar-refractivity contribution in [3.8, 4) is 0 Å². The molecule has 0 aliphatic carbocycles. The molecule has 0 spiro atoms. The van der Waals surface area contributed by atoms with Gasteiger partial charge >= 0.3 is 0 Å². The number of carbonyl (C=O) groups excluding carboxylic acids is 1. The zero-order chi connectivity index (χ0) is 10.4. The highest BCUT2D eigenvalue weighted by Gasteiger charge is 2.07. The van der Waals surface area contributed by atoms with Gasteiger partial charge in [0.1, 0.15) is 0 Å². The number of halogens is 2. The highest BCUT2D eigenvalue weighted by molar-refractivity contribution is 9.09. The molecule has 0 aliphatic heterocycles. The molecule has 78 valence electrons. The molecule has 0 atom stereocenters. The maximum atomic E-state index is 11.6. The molecule has 0 fully saturated rings. The molecule has 0 saturated heterocycles. The molecule has 14 heavy (non-hydrogen) atoms. The molecule has 0 N–H and O–H groups in total. The predicted octanol–water partition coefficient (Wildman–Crippen LogP) is 4.54. The number of hydrogen-bond donors (Lipinski definition) is 0. The Morgan fingerprint density at radius 3 is 2.71 bits per heavy atom. The molecule has 1 aromatic rings. The van der Waals surface area contributed by atoms with Gasteiger partial charge in [-0.25, -0.2) is 0 Å². The van der Waals surface area contributed by atoms with Gasteiger partial charge in [-0.3, -0.25) is 4.79 Å². The molecule has 1 nitrogen and oxygen atoms in total. The summed E-state index contributed by atoms with van der Waals surface area (Å²) in [5, 5.41) is 1.02. The fourth-order valence-corrected chi connectivity index (χ4v) is 2.55. The van der Waals surface area contributed by atoms with Crippen LogP contribution >= 0.6 is 38.9 Å². The summed E-state index contributed by atoms with van der Waals surface area (Å²) in [6, 6.07) is 3.58. The number of Topliss-reactive ketones (excluding diaryl/α,β-unsaturated/α-hetero) is 1. The van der Waals surface area contributed by atoms with Crippen molar-refractivity contribution in [1.82, 2.24) is 0 Å². The molecular weight excluding hydrogens is 284 g/mol. The Bertz CT molecular complexity index is 298. The first-order valence-corrected chi connectivity index (χ1v) is 6.90. The zero-order valence-corrected chi connectivity index (χ0v) is 10.9. The van der Waals surface area contributed by atoms with E-state index in [9.17, 15) is 4.79 Å². The average molecular weight is 296 g/mol. The molecule has 4 heteroatoms. The Hall–Kier alpha value is 0.140. The predicted molar refractivity (Wildman–Crippen MR) is 65.9 cm³/mol. The largest absolute Gasteiger partial charge is 0.293 e. The van der Waals surface area contributed by atoms with Gasteiger partial charge in [-0.1, -0.05) is 34.0 Å². The van der Waals surface area contributed by atoms with Crippen molar-refractivity contribution in [1.29, 1.82) is 0 Å². The second-order valence-electron chi connectivity index (χ2n) is 3.03. The second kappa shape index (κ2) is 6.59. The summed E-state index contributed by atoms with van der Waals surface area (Å²) in [6.45, 7) is 0. The average Bonchev–Trinajstić information content (AvgIpc) is 2.59. The van der Waals surface area contributed by atoms with Gasteiger partial charge in [0.05, 0.1) is 9.21 Å². The molecule has 1 heterocycles. The first kappa shape index (κ1) is 12.2. The van der Waals surface area contributed by atoms with Crippen LogP contribution in [0, 0.1) is 0 Å². The van der Waals surface area contributed by atoms with E-state index in [1.54, 1.807) is 12.1 Å². The van der Waals surface area contributed by atoms with Crippen molar-refractivity contribution in [3.63, 3.8) is 0 Å². The van der Waals surface area contributed by atoms with E-state index in [0.717, 1.165) is 29.5 Å². The number of thiophene rings is 1. The third-order valence-corrected chi connectivity index (χ3v) is 3.72. The van der Waals surface area contributed by atoms with Crippen LogP contribution in [-0.2, 0) is 0 Å². The standard InChI is InChI=1S/C10H12BrClOS/c11-7-3-1-2-4-8(13)9-5-6-10(12)14-9/h5-6H,1-4,7H2. The normalized spacial score (nSPS) is 10.4. The van der Waals surface area contributed by atoms with E-state index < -0.39 is 0 Å². The maximum Gasteiger partial charge on any atom is 0.172 e. The van der Waals surface area contributed by atoms with Gasteiger partial charge in [0, 0.05) is 11.8 Å². The van der Waals surface area contributed by atoms with Gasteiger partial charge in [0.15, 0.2) is 5.78 Å². The third-order valence-electron chi connectivity index (χ3n) is 1.89. The van der Waals surface area contributed by atoms with Crippen LogP contribution in [0.4, 0.5) is 0 Å². The summed E-state index contributed by atoms with van der Waals surface area (Å²) in [7, 11) is 0. The molecule has 0 bridgehead atoms. The summed E-state index contributed by atoms with van der Waals surface area (Å²) >= 11 is 10.5. The van der Waals surface area contributed by atoms with Crippen LogP contribution in [0.3, 0.4) is 0 Å². The Morgan fingerprint density at radius 2 is 2.14 bits per heavy atom. The van der Waals surface area contributed by atoms with E-state index in [-0.39, 0.29) is 5.78 Å². The molecule has 0 saturated carbocycles. The Morgan fingerprint density at radius 1 is 1.36 bits per heavy atom. The number of carbonyl (C=O) groups is 1. The van der Waals surface area contributed by atoms with E-state index >= 15 is 0 Å². The van der Waals surface area contributed by atoms with Crippen LogP contribution in [0.25, 0.3) is 0 Å². The molecule has 1 aromatic heterocycles. The van der Waals surface area contributed by atoms with E-state index in [1.165, 1.54) is 11.3 Å². The van der Waals surface area contributed by atoms with Crippen molar-refractivity contribution < 1.29 is 4.79 Å². The molecule has 0 unspecified atom stereocenters. The van der Waals surface area contributed by atoms with Crippen molar-refractivity contribution in [3.05, 3.63) is 21.3 Å². The van der Waals surface area contributed by atoms with Crippen LogP contribution in [0.15, 0.2) is 12.1 Å². The Balaban J connectivity index is 2.29. The van der Waals surface area contributed by atoms with Crippen molar-refractivity contribution in [2.45, 2.75) is 25.7 Å². The summed E-state index contributed by atoms with van der Waals surface area (Å²) in [4.78, 5) is 12.3. The summed E-state index contributed by atoms with van der Waals surface area (Å²) < 4.78 is 0.689. The van der Waals surface area contributed by atoms with Gasteiger partial charge in [0.25, 0.3) is 0 Å². The highest BCUT2D eigenvalue weighted by atomic mass is 79.9. The Labute approximate surface area is 102 Å². The molecule has 0 radical (unpaired) electrons. The first-order chi connectivity index (χ1) is 6.74. The quantitative estimate of drug-likeness (QED) is 0.428. The molecule has 1 rings (SSSR count). The molecule has 0 aliphatic rings. The van der Waals surface area contributed by atoms with Gasteiger partial charge in [0.2, 0.25) is 0 Å². The van der Waals surface area contributed by atoms with Crippen molar-refractivity contribution in [2.24, 2.45) is 0 Å². The van der Waals surface area contributed by atoms with Crippen LogP contribution in [0.5, 0.6) is 0 Å². The van der Waals surface area contributed by atoms with E-state index in [2.05, 4.69) is 15.9 Å². The van der Waals surface area contributed by atoms with Crippen LogP contribution in [-0.4, -0.2) is 11.1 Å². The molecular formula is C10H12BrClOS. The number of ketones is 1. The lowest BCUT2D eigenvalue weighted by molar-refractivity contribution is 0.0983. The van der Waals surface area contributed by atoms with E-state index in [1.807, 2.05) is 0 Å². The smallest absolute Gasteiger partial charge is 0.172 e.